The molecule has 2 aromatic heterocycles. The first-order valence-corrected chi connectivity index (χ1v) is 12.7. The van der Waals surface area contributed by atoms with E-state index in [9.17, 15) is 14.0 Å². The van der Waals surface area contributed by atoms with Gasteiger partial charge in [0.2, 0.25) is 11.7 Å². The molecule has 3 aromatic rings. The maximum absolute atomic E-state index is 13.8. The van der Waals surface area contributed by atoms with Gasteiger partial charge < -0.3 is 14.6 Å². The lowest BCUT2D eigenvalue weighted by molar-refractivity contribution is -0.145. The van der Waals surface area contributed by atoms with Crippen molar-refractivity contribution < 1.29 is 18.4 Å². The lowest BCUT2D eigenvalue weighted by Crippen LogP contribution is -2.50. The molecule has 1 atom stereocenters. The van der Waals surface area contributed by atoms with Gasteiger partial charge in [0.25, 0.3) is 5.91 Å². The van der Waals surface area contributed by atoms with Crippen LogP contribution in [0, 0.1) is 12.7 Å². The van der Waals surface area contributed by atoms with Gasteiger partial charge in [-0.15, -0.1) is 10.2 Å². The van der Waals surface area contributed by atoms with Crippen molar-refractivity contribution in [2.24, 2.45) is 0 Å². The van der Waals surface area contributed by atoms with Crippen LogP contribution in [0.15, 0.2) is 40.8 Å². The molecular formula is C26H31FN6O3. The highest BCUT2D eigenvalue weighted by atomic mass is 19.1. The van der Waals surface area contributed by atoms with Crippen molar-refractivity contribution in [2.45, 2.75) is 83.0 Å². The van der Waals surface area contributed by atoms with E-state index in [1.807, 2.05) is 13.0 Å². The molecule has 1 aromatic carbocycles. The van der Waals surface area contributed by atoms with Gasteiger partial charge in [-0.1, -0.05) is 25.7 Å². The monoisotopic (exact) mass is 494 g/mol. The maximum atomic E-state index is 13.8. The molecule has 2 aliphatic rings. The zero-order chi connectivity index (χ0) is 25.1. The summed E-state index contributed by atoms with van der Waals surface area (Å²) >= 11 is 0. The number of amides is 2. The van der Waals surface area contributed by atoms with E-state index in [4.69, 9.17) is 4.42 Å². The second kappa shape index (κ2) is 10.6. The molecule has 5 rings (SSSR count). The Labute approximate surface area is 209 Å². The number of nitrogens with one attached hydrogen (secondary N) is 1. The van der Waals surface area contributed by atoms with Crippen molar-refractivity contribution in [3.8, 4) is 11.4 Å². The Morgan fingerprint density at radius 2 is 1.78 bits per heavy atom. The fraction of sp³-hybridized carbons (Fsp3) is 0.500. The summed E-state index contributed by atoms with van der Waals surface area (Å²) in [4.78, 5) is 30.3. The Morgan fingerprint density at radius 3 is 2.44 bits per heavy atom. The van der Waals surface area contributed by atoms with E-state index in [-0.39, 0.29) is 36.3 Å². The number of rotatable bonds is 8. The van der Waals surface area contributed by atoms with Gasteiger partial charge in [0.15, 0.2) is 6.04 Å². The van der Waals surface area contributed by atoms with Crippen LogP contribution in [-0.4, -0.2) is 49.0 Å². The minimum atomic E-state index is -0.866. The highest BCUT2D eigenvalue weighted by molar-refractivity contribution is 5.88. The summed E-state index contributed by atoms with van der Waals surface area (Å²) in [7, 11) is 0. The van der Waals surface area contributed by atoms with Crippen molar-refractivity contribution in [3.63, 3.8) is 0 Å². The van der Waals surface area contributed by atoms with E-state index >= 15 is 0 Å². The third-order valence-corrected chi connectivity index (χ3v) is 7.10. The summed E-state index contributed by atoms with van der Waals surface area (Å²) in [6, 6.07) is 8.53. The number of benzene rings is 1. The molecule has 2 saturated carbocycles. The Hall–Kier alpha value is -3.56. The lowest BCUT2D eigenvalue weighted by atomic mass is 10.1. The SMILES string of the molecule is Cc1ccc([C@@H](C(=O)NC2CCCC2)N(C(=O)Cn2nnc(-c3ccc(F)cc3)n2)C2CCCC2)o1. The molecule has 1 N–H and O–H groups in total. The quantitative estimate of drug-likeness (QED) is 0.508. The molecule has 0 unspecified atom stereocenters. The number of tetrazole rings is 1. The zero-order valence-electron chi connectivity index (χ0n) is 20.4. The Balaban J connectivity index is 1.41. The number of aryl methyl sites for hydroxylation is 1. The predicted molar refractivity (Wildman–Crippen MR) is 129 cm³/mol. The summed E-state index contributed by atoms with van der Waals surface area (Å²) in [6.07, 6.45) is 7.72. The molecule has 0 radical (unpaired) electrons. The third kappa shape index (κ3) is 5.32. The Morgan fingerprint density at radius 1 is 1.08 bits per heavy atom. The first kappa shape index (κ1) is 24.1. The highest BCUT2D eigenvalue weighted by Gasteiger charge is 2.40. The van der Waals surface area contributed by atoms with Gasteiger partial charge >= 0.3 is 0 Å². The summed E-state index contributed by atoms with van der Waals surface area (Å²) in [5.74, 6) is 0.600. The van der Waals surface area contributed by atoms with Crippen LogP contribution in [-0.2, 0) is 16.1 Å². The first-order chi connectivity index (χ1) is 17.5. The molecule has 0 bridgehead atoms. The van der Waals surface area contributed by atoms with Crippen LogP contribution in [0.3, 0.4) is 0 Å². The number of aromatic nitrogens is 4. The molecule has 2 heterocycles. The van der Waals surface area contributed by atoms with Gasteiger partial charge in [-0.25, -0.2) is 4.39 Å². The van der Waals surface area contributed by atoms with Crippen molar-refractivity contribution in [1.82, 2.24) is 30.4 Å². The molecule has 0 saturated heterocycles. The van der Waals surface area contributed by atoms with Gasteiger partial charge in [-0.2, -0.15) is 4.80 Å². The number of carbonyl (C=O) groups is 2. The van der Waals surface area contributed by atoms with Crippen molar-refractivity contribution in [1.29, 1.82) is 0 Å². The van der Waals surface area contributed by atoms with Gasteiger partial charge in [0, 0.05) is 17.6 Å². The van der Waals surface area contributed by atoms with Crippen molar-refractivity contribution in [3.05, 3.63) is 53.7 Å². The van der Waals surface area contributed by atoms with Gasteiger partial charge in [0.05, 0.1) is 0 Å². The van der Waals surface area contributed by atoms with E-state index in [1.165, 1.54) is 16.9 Å². The average Bonchev–Trinajstić information content (AvgIpc) is 3.66. The number of nitrogens with zero attached hydrogens (tertiary/aromatic N) is 5. The molecular weight excluding hydrogens is 463 g/mol. The van der Waals surface area contributed by atoms with Crippen LogP contribution in [0.1, 0.15) is 68.9 Å². The van der Waals surface area contributed by atoms with E-state index < -0.39 is 6.04 Å². The summed E-state index contributed by atoms with van der Waals surface area (Å²) in [5.41, 5.74) is 0.600. The smallest absolute Gasteiger partial charge is 0.250 e. The third-order valence-electron chi connectivity index (χ3n) is 7.10. The molecule has 36 heavy (non-hydrogen) atoms. The van der Waals surface area contributed by atoms with Gasteiger partial charge in [0.1, 0.15) is 23.9 Å². The minimum Gasteiger partial charge on any atom is -0.464 e. The number of furan rings is 1. The Kier molecular flexibility index (Phi) is 7.11. The summed E-state index contributed by atoms with van der Waals surface area (Å²) in [6.45, 7) is 1.66. The molecule has 190 valence electrons. The van der Waals surface area contributed by atoms with Gasteiger partial charge in [-0.3, -0.25) is 9.59 Å². The standard InChI is InChI=1S/C26H31FN6O3/c1-17-10-15-22(36-17)24(26(35)28-20-6-2-3-7-20)33(21-8-4-5-9-21)23(34)16-32-30-25(29-31-32)18-11-13-19(27)14-12-18/h10-15,20-21,24H,2-9,16H2,1H3,(H,28,35)/t24-/m0/s1. The largest absolute Gasteiger partial charge is 0.464 e. The van der Waals surface area contributed by atoms with Crippen molar-refractivity contribution >= 4 is 11.8 Å². The van der Waals surface area contributed by atoms with Crippen molar-refractivity contribution in [2.75, 3.05) is 0 Å². The molecule has 2 amide bonds. The second-order valence-corrected chi connectivity index (χ2v) is 9.73. The first-order valence-electron chi connectivity index (χ1n) is 12.7. The second-order valence-electron chi connectivity index (χ2n) is 9.73. The lowest BCUT2D eigenvalue weighted by Gasteiger charge is -2.35. The van der Waals surface area contributed by atoms with E-state index in [0.29, 0.717) is 22.9 Å². The van der Waals surface area contributed by atoms with E-state index in [2.05, 4.69) is 20.7 Å². The maximum Gasteiger partial charge on any atom is 0.250 e. The van der Waals surface area contributed by atoms with Crippen LogP contribution in [0.5, 0.6) is 0 Å². The molecule has 10 heteroatoms. The molecule has 2 fully saturated rings. The molecule has 2 aliphatic carbocycles. The van der Waals surface area contributed by atoms with Crippen LogP contribution in [0.25, 0.3) is 11.4 Å². The Bertz CT molecular complexity index is 1190. The minimum absolute atomic E-state index is 0.0812. The van der Waals surface area contributed by atoms with Gasteiger partial charge in [-0.05, 0) is 74.2 Å². The fourth-order valence-electron chi connectivity index (χ4n) is 5.31. The normalized spacial score (nSPS) is 17.4. The van der Waals surface area contributed by atoms with Crippen LogP contribution < -0.4 is 5.32 Å². The summed E-state index contributed by atoms with van der Waals surface area (Å²) < 4.78 is 19.2. The van der Waals surface area contributed by atoms with E-state index in [0.717, 1.165) is 51.4 Å². The number of carbonyl (C=O) groups excluding carboxylic acids is 2. The number of hydrogen-bond donors (Lipinski definition) is 1. The summed E-state index contributed by atoms with van der Waals surface area (Å²) in [5, 5.41) is 15.6. The topological polar surface area (TPSA) is 106 Å². The fourth-order valence-corrected chi connectivity index (χ4v) is 5.31. The number of halogens is 1. The van der Waals surface area contributed by atoms with E-state index in [1.54, 1.807) is 23.1 Å². The van der Waals surface area contributed by atoms with Crippen LogP contribution in [0.4, 0.5) is 4.39 Å². The number of hydrogen-bond acceptors (Lipinski definition) is 6. The zero-order valence-corrected chi connectivity index (χ0v) is 20.4. The van der Waals surface area contributed by atoms with Crippen LogP contribution >= 0.6 is 0 Å². The average molecular weight is 495 g/mol. The predicted octanol–water partition coefficient (Wildman–Crippen LogP) is 3.95. The molecule has 9 nitrogen and oxygen atoms in total. The molecule has 0 aliphatic heterocycles. The molecule has 0 spiro atoms. The van der Waals surface area contributed by atoms with Crippen LogP contribution in [0.2, 0.25) is 0 Å². The highest BCUT2D eigenvalue weighted by Crippen LogP contribution is 2.33.